The largest absolute Gasteiger partial charge is 0.483 e. The highest BCUT2D eigenvalue weighted by atomic mass is 79.9. The molecule has 112 valence electrons. The van der Waals surface area contributed by atoms with Crippen LogP contribution in [0, 0.1) is 0 Å². The van der Waals surface area contributed by atoms with E-state index < -0.39 is 0 Å². The van der Waals surface area contributed by atoms with Crippen molar-refractivity contribution in [1.82, 2.24) is 5.32 Å². The van der Waals surface area contributed by atoms with Crippen molar-refractivity contribution in [3.63, 3.8) is 0 Å². The van der Waals surface area contributed by atoms with Gasteiger partial charge in [-0.3, -0.25) is 4.79 Å². The lowest BCUT2D eigenvalue weighted by Gasteiger charge is -2.14. The molecule has 0 aliphatic heterocycles. The molecule has 0 aliphatic carbocycles. The molecule has 0 heterocycles. The van der Waals surface area contributed by atoms with Gasteiger partial charge in [-0.25, -0.2) is 0 Å². The zero-order valence-electron chi connectivity index (χ0n) is 11.8. The standard InChI is InChI=1S/C14H21BrN2O3/c1-10(16)12-5-4-11(15)8-13(12)20-9-14(18)17-6-3-7-19-2/h4-5,8,10H,3,6-7,9,16H2,1-2H3,(H,17,18). The van der Waals surface area contributed by atoms with Crippen molar-refractivity contribution in [3.8, 4) is 5.75 Å². The SMILES string of the molecule is COCCCNC(=O)COc1cc(Br)ccc1C(C)N. The van der Waals surface area contributed by atoms with E-state index in [0.29, 0.717) is 18.9 Å². The summed E-state index contributed by atoms with van der Waals surface area (Å²) in [5.74, 6) is 0.470. The predicted octanol–water partition coefficient (Wildman–Crippen LogP) is 2.00. The van der Waals surface area contributed by atoms with Gasteiger partial charge in [-0.05, 0) is 25.5 Å². The van der Waals surface area contributed by atoms with E-state index in [0.717, 1.165) is 16.5 Å². The van der Waals surface area contributed by atoms with Crippen molar-refractivity contribution in [3.05, 3.63) is 28.2 Å². The van der Waals surface area contributed by atoms with Gasteiger partial charge in [0.05, 0.1) is 0 Å². The van der Waals surface area contributed by atoms with Gasteiger partial charge in [-0.15, -0.1) is 0 Å². The molecule has 20 heavy (non-hydrogen) atoms. The van der Waals surface area contributed by atoms with Crippen LogP contribution >= 0.6 is 15.9 Å². The summed E-state index contributed by atoms with van der Waals surface area (Å²) in [7, 11) is 1.63. The average Bonchev–Trinajstić information content (AvgIpc) is 2.41. The van der Waals surface area contributed by atoms with Gasteiger partial charge in [0, 0.05) is 36.3 Å². The molecule has 0 saturated heterocycles. The van der Waals surface area contributed by atoms with E-state index in [-0.39, 0.29) is 18.6 Å². The maximum absolute atomic E-state index is 11.6. The van der Waals surface area contributed by atoms with Crippen molar-refractivity contribution >= 4 is 21.8 Å². The first-order chi connectivity index (χ1) is 9.54. The van der Waals surface area contributed by atoms with E-state index in [9.17, 15) is 4.79 Å². The van der Waals surface area contributed by atoms with Crippen LogP contribution in [0.15, 0.2) is 22.7 Å². The number of rotatable bonds is 8. The van der Waals surface area contributed by atoms with Crippen molar-refractivity contribution < 1.29 is 14.3 Å². The zero-order chi connectivity index (χ0) is 15.0. The highest BCUT2D eigenvalue weighted by Crippen LogP contribution is 2.27. The number of ether oxygens (including phenoxy) is 2. The molecule has 0 aliphatic rings. The minimum Gasteiger partial charge on any atom is -0.483 e. The molecule has 0 spiro atoms. The van der Waals surface area contributed by atoms with Crippen molar-refractivity contribution in [1.29, 1.82) is 0 Å². The van der Waals surface area contributed by atoms with E-state index in [1.807, 2.05) is 25.1 Å². The van der Waals surface area contributed by atoms with Gasteiger partial charge in [-0.2, -0.15) is 0 Å². The monoisotopic (exact) mass is 344 g/mol. The number of halogens is 1. The second-order valence-electron chi connectivity index (χ2n) is 4.46. The minimum absolute atomic E-state index is 0.0246. The Morgan fingerprint density at radius 1 is 1.50 bits per heavy atom. The van der Waals surface area contributed by atoms with E-state index in [4.69, 9.17) is 15.2 Å². The van der Waals surface area contributed by atoms with Gasteiger partial charge in [-0.1, -0.05) is 22.0 Å². The number of carbonyl (C=O) groups excluding carboxylic acids is 1. The fraction of sp³-hybridized carbons (Fsp3) is 0.500. The number of amides is 1. The van der Waals surface area contributed by atoms with Gasteiger partial charge in [0.2, 0.25) is 0 Å². The molecule has 1 aromatic rings. The average molecular weight is 345 g/mol. The summed E-state index contributed by atoms with van der Waals surface area (Å²) in [6, 6.07) is 5.45. The Kier molecular flexibility index (Phi) is 7.58. The maximum atomic E-state index is 11.6. The lowest BCUT2D eigenvalue weighted by atomic mass is 10.1. The van der Waals surface area contributed by atoms with Crippen LogP contribution in [0.4, 0.5) is 0 Å². The predicted molar refractivity (Wildman–Crippen MR) is 81.7 cm³/mol. The number of nitrogens with two attached hydrogens (primary N) is 1. The Labute approximate surface area is 127 Å². The number of hydrogen-bond acceptors (Lipinski definition) is 4. The van der Waals surface area contributed by atoms with Gasteiger partial charge in [0.15, 0.2) is 6.61 Å². The fourth-order valence-electron chi connectivity index (χ4n) is 1.65. The minimum atomic E-state index is -0.156. The molecule has 0 radical (unpaired) electrons. The molecule has 5 nitrogen and oxygen atoms in total. The van der Waals surface area contributed by atoms with Crippen LogP contribution in [0.25, 0.3) is 0 Å². The van der Waals surface area contributed by atoms with Crippen molar-refractivity contribution in [2.24, 2.45) is 5.73 Å². The third kappa shape index (κ3) is 5.90. The molecule has 1 rings (SSSR count). The van der Waals surface area contributed by atoms with Gasteiger partial charge in [0.1, 0.15) is 5.75 Å². The van der Waals surface area contributed by atoms with Crippen molar-refractivity contribution in [2.45, 2.75) is 19.4 Å². The third-order valence-corrected chi connectivity index (χ3v) is 3.17. The number of carbonyl (C=O) groups is 1. The van der Waals surface area contributed by atoms with Crippen LogP contribution in [0.5, 0.6) is 5.75 Å². The molecular formula is C14H21BrN2O3. The van der Waals surface area contributed by atoms with Gasteiger partial charge >= 0.3 is 0 Å². The first-order valence-electron chi connectivity index (χ1n) is 6.48. The molecule has 1 unspecified atom stereocenters. The van der Waals surface area contributed by atoms with Crippen LogP contribution < -0.4 is 15.8 Å². The van der Waals surface area contributed by atoms with Gasteiger partial charge < -0.3 is 20.5 Å². The fourth-order valence-corrected chi connectivity index (χ4v) is 1.99. The summed E-state index contributed by atoms with van der Waals surface area (Å²) in [5.41, 5.74) is 6.75. The molecule has 0 saturated carbocycles. The summed E-state index contributed by atoms with van der Waals surface area (Å²) in [6.45, 7) is 3.06. The topological polar surface area (TPSA) is 73.6 Å². The van der Waals surface area contributed by atoms with Crippen LogP contribution in [0.1, 0.15) is 24.9 Å². The Morgan fingerprint density at radius 2 is 2.25 bits per heavy atom. The Hall–Kier alpha value is -1.11. The van der Waals surface area contributed by atoms with E-state index in [1.165, 1.54) is 0 Å². The van der Waals surface area contributed by atoms with E-state index in [1.54, 1.807) is 7.11 Å². The highest BCUT2D eigenvalue weighted by molar-refractivity contribution is 9.10. The molecule has 1 aromatic carbocycles. The Morgan fingerprint density at radius 3 is 2.90 bits per heavy atom. The van der Waals surface area contributed by atoms with Crippen molar-refractivity contribution in [2.75, 3.05) is 26.9 Å². The summed E-state index contributed by atoms with van der Waals surface area (Å²) in [6.07, 6.45) is 0.782. The number of benzene rings is 1. The summed E-state index contributed by atoms with van der Waals surface area (Å²) in [4.78, 5) is 11.6. The molecule has 0 aromatic heterocycles. The Balaban J connectivity index is 2.48. The first-order valence-corrected chi connectivity index (χ1v) is 7.27. The number of hydrogen-bond donors (Lipinski definition) is 2. The first kappa shape index (κ1) is 16.9. The van der Waals surface area contributed by atoms with Gasteiger partial charge in [0.25, 0.3) is 5.91 Å². The van der Waals surface area contributed by atoms with Crippen LogP contribution in [0.2, 0.25) is 0 Å². The summed E-state index contributed by atoms with van der Waals surface area (Å²) in [5, 5.41) is 2.76. The third-order valence-electron chi connectivity index (χ3n) is 2.67. The normalized spacial score (nSPS) is 12.0. The molecule has 0 bridgehead atoms. The molecule has 3 N–H and O–H groups in total. The zero-order valence-corrected chi connectivity index (χ0v) is 13.4. The lowest BCUT2D eigenvalue weighted by molar-refractivity contribution is -0.123. The van der Waals surface area contributed by atoms with E-state index in [2.05, 4.69) is 21.2 Å². The summed E-state index contributed by atoms with van der Waals surface area (Å²) >= 11 is 3.38. The van der Waals surface area contributed by atoms with E-state index >= 15 is 0 Å². The highest BCUT2D eigenvalue weighted by Gasteiger charge is 2.10. The second-order valence-corrected chi connectivity index (χ2v) is 5.37. The summed E-state index contributed by atoms with van der Waals surface area (Å²) < 4.78 is 11.3. The molecule has 0 fully saturated rings. The second kappa shape index (κ2) is 8.94. The molecule has 1 amide bonds. The number of nitrogens with one attached hydrogen (secondary N) is 1. The lowest BCUT2D eigenvalue weighted by Crippen LogP contribution is -2.30. The smallest absolute Gasteiger partial charge is 0.257 e. The Bertz CT molecular complexity index is 438. The van der Waals surface area contributed by atoms with Crippen LogP contribution in [-0.4, -0.2) is 32.8 Å². The molecule has 6 heteroatoms. The maximum Gasteiger partial charge on any atom is 0.257 e. The quantitative estimate of drug-likeness (QED) is 0.707. The van der Waals surface area contributed by atoms with Crippen LogP contribution in [-0.2, 0) is 9.53 Å². The van der Waals surface area contributed by atoms with Crippen LogP contribution in [0.3, 0.4) is 0 Å². The number of methoxy groups -OCH3 is 1. The molecular weight excluding hydrogens is 324 g/mol. The molecule has 1 atom stereocenters.